The molecule has 1 aromatic heterocycles. The third kappa shape index (κ3) is 2.73. The van der Waals surface area contributed by atoms with Crippen LogP contribution in [0.5, 0.6) is 5.75 Å². The molecule has 0 amide bonds. The minimum Gasteiger partial charge on any atom is -0.493 e. The van der Waals surface area contributed by atoms with Crippen LogP contribution in [0, 0.1) is 19.3 Å². The maximum atomic E-state index is 5.87. The zero-order valence-electron chi connectivity index (χ0n) is 10.3. The third-order valence-electron chi connectivity index (χ3n) is 3.10. The quantitative estimate of drug-likeness (QED) is 0.847. The molecule has 0 aliphatic carbocycles. The van der Waals surface area contributed by atoms with E-state index in [4.69, 9.17) is 4.74 Å². The lowest BCUT2D eigenvalue weighted by molar-refractivity contribution is 0.180. The molecule has 1 atom stereocenters. The first kappa shape index (κ1) is 11.4. The molecule has 0 radical (unpaired) electrons. The summed E-state index contributed by atoms with van der Waals surface area (Å²) in [6, 6.07) is 4.00. The van der Waals surface area contributed by atoms with Crippen LogP contribution >= 0.6 is 0 Å². The van der Waals surface area contributed by atoms with E-state index >= 15 is 0 Å². The van der Waals surface area contributed by atoms with Crippen molar-refractivity contribution in [2.75, 3.05) is 19.7 Å². The Balaban J connectivity index is 1.98. The Kier molecular flexibility index (Phi) is 3.15. The monoisotopic (exact) mass is 220 g/mol. The van der Waals surface area contributed by atoms with Crippen LogP contribution in [0.2, 0.25) is 0 Å². The summed E-state index contributed by atoms with van der Waals surface area (Å²) in [7, 11) is 0. The smallest absolute Gasteiger partial charge is 0.122 e. The molecule has 1 aliphatic rings. The van der Waals surface area contributed by atoms with Crippen LogP contribution in [0.25, 0.3) is 0 Å². The minimum absolute atomic E-state index is 0.283. The van der Waals surface area contributed by atoms with E-state index in [0.29, 0.717) is 0 Å². The molecule has 2 heterocycles. The second kappa shape index (κ2) is 4.42. The average Bonchev–Trinajstić information content (AvgIpc) is 2.62. The van der Waals surface area contributed by atoms with Gasteiger partial charge in [0.15, 0.2) is 0 Å². The van der Waals surface area contributed by atoms with Crippen LogP contribution in [0.4, 0.5) is 0 Å². The van der Waals surface area contributed by atoms with Gasteiger partial charge in [0.2, 0.25) is 0 Å². The summed E-state index contributed by atoms with van der Waals surface area (Å²) in [5.41, 5.74) is 2.32. The summed E-state index contributed by atoms with van der Waals surface area (Å²) in [6.07, 6.45) is 1.19. The summed E-state index contributed by atoms with van der Waals surface area (Å²) in [6.45, 7) is 9.21. The van der Waals surface area contributed by atoms with Crippen molar-refractivity contribution < 1.29 is 4.74 Å². The van der Waals surface area contributed by atoms with Crippen LogP contribution in [-0.4, -0.2) is 24.7 Å². The molecule has 0 bridgehead atoms. The largest absolute Gasteiger partial charge is 0.493 e. The van der Waals surface area contributed by atoms with Gasteiger partial charge >= 0.3 is 0 Å². The molecule has 1 fully saturated rings. The number of hydrogen-bond acceptors (Lipinski definition) is 3. The summed E-state index contributed by atoms with van der Waals surface area (Å²) in [5.74, 6) is 0.943. The second-order valence-electron chi connectivity index (χ2n) is 5.11. The molecule has 88 valence electrons. The topological polar surface area (TPSA) is 34.1 Å². The minimum atomic E-state index is 0.283. The lowest BCUT2D eigenvalue weighted by Gasteiger charge is -2.22. The molecule has 0 saturated carbocycles. The summed E-state index contributed by atoms with van der Waals surface area (Å²) in [4.78, 5) is 4.34. The van der Waals surface area contributed by atoms with Gasteiger partial charge in [0.1, 0.15) is 5.75 Å². The van der Waals surface area contributed by atoms with Gasteiger partial charge in [-0.3, -0.25) is 4.98 Å². The fraction of sp³-hybridized carbons (Fsp3) is 0.615. The van der Waals surface area contributed by atoms with Gasteiger partial charge in [0.05, 0.1) is 6.61 Å². The van der Waals surface area contributed by atoms with Gasteiger partial charge in [-0.2, -0.15) is 0 Å². The lowest BCUT2D eigenvalue weighted by atomic mass is 9.91. The molecule has 0 unspecified atom stereocenters. The number of hydrogen-bond donors (Lipinski definition) is 1. The zero-order valence-corrected chi connectivity index (χ0v) is 10.3. The number of rotatable bonds is 3. The van der Waals surface area contributed by atoms with Gasteiger partial charge in [-0.15, -0.1) is 0 Å². The number of nitrogens with one attached hydrogen (secondary N) is 1. The molecule has 0 aromatic carbocycles. The average molecular weight is 220 g/mol. The number of aryl methyl sites for hydroxylation is 2. The van der Waals surface area contributed by atoms with Crippen molar-refractivity contribution in [3.63, 3.8) is 0 Å². The Bertz CT molecular complexity index is 350. The zero-order chi connectivity index (χ0) is 11.6. The van der Waals surface area contributed by atoms with Crippen LogP contribution in [0.3, 0.4) is 0 Å². The highest BCUT2D eigenvalue weighted by atomic mass is 16.5. The van der Waals surface area contributed by atoms with Crippen molar-refractivity contribution in [1.82, 2.24) is 10.3 Å². The molecular weight excluding hydrogens is 200 g/mol. The van der Waals surface area contributed by atoms with Gasteiger partial charge < -0.3 is 10.1 Å². The van der Waals surface area contributed by atoms with E-state index in [1.54, 1.807) is 0 Å². The Hall–Kier alpha value is -1.09. The normalized spacial score (nSPS) is 24.7. The number of nitrogens with zero attached hydrogens (tertiary/aromatic N) is 1. The van der Waals surface area contributed by atoms with E-state index in [1.807, 2.05) is 26.0 Å². The Morgan fingerprint density at radius 3 is 2.62 bits per heavy atom. The molecule has 3 nitrogen and oxygen atoms in total. The molecule has 16 heavy (non-hydrogen) atoms. The molecule has 2 rings (SSSR count). The molecule has 0 spiro atoms. The Morgan fingerprint density at radius 1 is 1.38 bits per heavy atom. The predicted octanol–water partition coefficient (Wildman–Crippen LogP) is 2.08. The van der Waals surface area contributed by atoms with Gasteiger partial charge in [0, 0.05) is 35.5 Å². The Morgan fingerprint density at radius 2 is 2.06 bits per heavy atom. The highest BCUT2D eigenvalue weighted by Gasteiger charge is 2.29. The third-order valence-corrected chi connectivity index (χ3v) is 3.10. The predicted molar refractivity (Wildman–Crippen MR) is 64.8 cm³/mol. The molecule has 3 heteroatoms. The lowest BCUT2D eigenvalue weighted by Crippen LogP contribution is -2.27. The maximum Gasteiger partial charge on any atom is 0.122 e. The molecule has 1 N–H and O–H groups in total. The van der Waals surface area contributed by atoms with Crippen LogP contribution < -0.4 is 10.1 Å². The van der Waals surface area contributed by atoms with Crippen molar-refractivity contribution in [1.29, 1.82) is 0 Å². The second-order valence-corrected chi connectivity index (χ2v) is 5.11. The standard InChI is InChI=1S/C13H20N2O/c1-10-6-12(7-11(2)15-10)16-9-13(3)4-5-14-8-13/h6-7,14H,4-5,8-9H2,1-3H3/t13-/m0/s1. The highest BCUT2D eigenvalue weighted by molar-refractivity contribution is 5.26. The molecular formula is C13H20N2O. The van der Waals surface area contributed by atoms with E-state index in [9.17, 15) is 0 Å². The molecule has 1 saturated heterocycles. The van der Waals surface area contributed by atoms with Crippen molar-refractivity contribution in [2.24, 2.45) is 5.41 Å². The summed E-state index contributed by atoms with van der Waals surface area (Å²) >= 11 is 0. The van der Waals surface area contributed by atoms with Gasteiger partial charge in [-0.25, -0.2) is 0 Å². The number of pyridine rings is 1. The van der Waals surface area contributed by atoms with Crippen molar-refractivity contribution >= 4 is 0 Å². The molecule has 1 aliphatic heterocycles. The van der Waals surface area contributed by atoms with Crippen molar-refractivity contribution in [2.45, 2.75) is 27.2 Å². The first-order valence-corrected chi connectivity index (χ1v) is 5.86. The van der Waals surface area contributed by atoms with E-state index < -0.39 is 0 Å². The Labute approximate surface area is 97.2 Å². The van der Waals surface area contributed by atoms with E-state index in [2.05, 4.69) is 17.2 Å². The van der Waals surface area contributed by atoms with Crippen LogP contribution in [0.15, 0.2) is 12.1 Å². The van der Waals surface area contributed by atoms with E-state index in [1.165, 1.54) is 6.42 Å². The van der Waals surface area contributed by atoms with E-state index in [-0.39, 0.29) is 5.41 Å². The SMILES string of the molecule is Cc1cc(OC[C@@]2(C)CCNC2)cc(C)n1. The summed E-state index contributed by atoms with van der Waals surface area (Å²) < 4.78 is 5.87. The number of ether oxygens (including phenoxy) is 1. The van der Waals surface area contributed by atoms with E-state index in [0.717, 1.165) is 36.8 Å². The van der Waals surface area contributed by atoms with Crippen molar-refractivity contribution in [3.8, 4) is 5.75 Å². The number of aromatic nitrogens is 1. The first-order valence-electron chi connectivity index (χ1n) is 5.86. The fourth-order valence-electron chi connectivity index (χ4n) is 2.13. The van der Waals surface area contributed by atoms with Gasteiger partial charge in [0.25, 0.3) is 0 Å². The van der Waals surface area contributed by atoms with Crippen molar-refractivity contribution in [3.05, 3.63) is 23.5 Å². The fourth-order valence-corrected chi connectivity index (χ4v) is 2.13. The summed E-state index contributed by atoms with van der Waals surface area (Å²) in [5, 5.41) is 3.38. The maximum absolute atomic E-state index is 5.87. The molecule has 1 aromatic rings. The first-order chi connectivity index (χ1) is 7.57. The van der Waals surface area contributed by atoms with Gasteiger partial charge in [-0.05, 0) is 26.8 Å². The van der Waals surface area contributed by atoms with Gasteiger partial charge in [-0.1, -0.05) is 6.92 Å². The highest BCUT2D eigenvalue weighted by Crippen LogP contribution is 2.26. The van der Waals surface area contributed by atoms with Crippen LogP contribution in [0.1, 0.15) is 24.7 Å². The van der Waals surface area contributed by atoms with Crippen LogP contribution in [-0.2, 0) is 0 Å².